The van der Waals surface area contributed by atoms with Gasteiger partial charge in [-0.2, -0.15) is 0 Å². The lowest BCUT2D eigenvalue weighted by atomic mass is 10.5. The molecule has 4 heteroatoms. The number of carbonyl (C=O) groups excluding carboxylic acids is 1. The minimum atomic E-state index is -0.338. The highest BCUT2D eigenvalue weighted by molar-refractivity contribution is 5.71. The number of urea groups is 1. The second-order valence-electron chi connectivity index (χ2n) is 1.51. The molecular formula is C5H12ClN2O-. The second kappa shape index (κ2) is 5.69. The number of primary amides is 1. The number of hydrogen-bond acceptors (Lipinski definition) is 1. The molecule has 0 radical (unpaired) electrons. The number of rotatable bonds is 2. The molecule has 2 N–H and O–H groups in total. The lowest BCUT2D eigenvalue weighted by molar-refractivity contribution is -0.00000569. The summed E-state index contributed by atoms with van der Waals surface area (Å²) in [5.74, 6) is 0. The lowest BCUT2D eigenvalue weighted by Crippen LogP contribution is -3.00. The van der Waals surface area contributed by atoms with E-state index in [-0.39, 0.29) is 18.4 Å². The van der Waals surface area contributed by atoms with Gasteiger partial charge in [0.05, 0.1) is 0 Å². The van der Waals surface area contributed by atoms with Crippen molar-refractivity contribution in [2.24, 2.45) is 5.73 Å². The van der Waals surface area contributed by atoms with Crippen LogP contribution < -0.4 is 18.1 Å². The molecule has 0 saturated heterocycles. The summed E-state index contributed by atoms with van der Waals surface area (Å²) >= 11 is 0. The van der Waals surface area contributed by atoms with Crippen LogP contribution >= 0.6 is 0 Å². The zero-order chi connectivity index (χ0) is 6.57. The third-order valence-electron chi connectivity index (χ3n) is 1.08. The van der Waals surface area contributed by atoms with E-state index in [9.17, 15) is 4.79 Å². The Kier molecular flexibility index (Phi) is 7.19. The topological polar surface area (TPSA) is 46.3 Å². The first-order valence-electron chi connectivity index (χ1n) is 2.76. The van der Waals surface area contributed by atoms with Crippen molar-refractivity contribution in [2.45, 2.75) is 13.8 Å². The molecule has 9 heavy (non-hydrogen) atoms. The van der Waals surface area contributed by atoms with Gasteiger partial charge in [-0.3, -0.25) is 0 Å². The van der Waals surface area contributed by atoms with Crippen LogP contribution in [0.1, 0.15) is 13.8 Å². The van der Waals surface area contributed by atoms with E-state index in [0.29, 0.717) is 13.1 Å². The molecular weight excluding hydrogens is 140 g/mol. The van der Waals surface area contributed by atoms with Crippen molar-refractivity contribution in [1.82, 2.24) is 4.90 Å². The molecule has 0 aromatic heterocycles. The van der Waals surface area contributed by atoms with Gasteiger partial charge in [0.2, 0.25) is 0 Å². The summed E-state index contributed by atoms with van der Waals surface area (Å²) in [5, 5.41) is 0. The number of amides is 2. The summed E-state index contributed by atoms with van der Waals surface area (Å²) in [4.78, 5) is 11.9. The Morgan fingerprint density at radius 3 is 1.78 bits per heavy atom. The van der Waals surface area contributed by atoms with Gasteiger partial charge in [-0.25, -0.2) is 4.79 Å². The van der Waals surface area contributed by atoms with Crippen LogP contribution in [0.15, 0.2) is 0 Å². The highest BCUT2D eigenvalue weighted by Gasteiger charge is 2.00. The fraction of sp³-hybridized carbons (Fsp3) is 0.800. The van der Waals surface area contributed by atoms with Crippen molar-refractivity contribution >= 4 is 6.03 Å². The summed E-state index contributed by atoms with van der Waals surface area (Å²) in [7, 11) is 0. The minimum absolute atomic E-state index is 0. The normalized spacial score (nSPS) is 7.78. The zero-order valence-electron chi connectivity index (χ0n) is 5.72. The van der Waals surface area contributed by atoms with E-state index in [1.165, 1.54) is 0 Å². The Morgan fingerprint density at radius 2 is 1.78 bits per heavy atom. The van der Waals surface area contributed by atoms with Crippen LogP contribution in [-0.2, 0) is 0 Å². The second-order valence-corrected chi connectivity index (χ2v) is 1.51. The van der Waals surface area contributed by atoms with Gasteiger partial charge in [0.25, 0.3) is 0 Å². The number of nitrogens with two attached hydrogens (primary N) is 1. The average molecular weight is 152 g/mol. The third kappa shape index (κ3) is 4.09. The van der Waals surface area contributed by atoms with Crippen molar-refractivity contribution < 1.29 is 17.2 Å². The van der Waals surface area contributed by atoms with Crippen LogP contribution in [0.25, 0.3) is 0 Å². The van der Waals surface area contributed by atoms with E-state index >= 15 is 0 Å². The van der Waals surface area contributed by atoms with Crippen molar-refractivity contribution in [2.75, 3.05) is 13.1 Å². The number of nitrogens with zero attached hydrogens (tertiary/aromatic N) is 1. The van der Waals surface area contributed by atoms with Crippen LogP contribution in [0.4, 0.5) is 4.79 Å². The van der Waals surface area contributed by atoms with Gasteiger partial charge in [0.15, 0.2) is 0 Å². The summed E-state index contributed by atoms with van der Waals surface area (Å²) < 4.78 is 0. The van der Waals surface area contributed by atoms with Crippen molar-refractivity contribution in [3.63, 3.8) is 0 Å². The van der Waals surface area contributed by atoms with E-state index in [0.717, 1.165) is 0 Å². The van der Waals surface area contributed by atoms with Crippen LogP contribution in [0.3, 0.4) is 0 Å². The maximum atomic E-state index is 10.3. The highest BCUT2D eigenvalue weighted by Crippen LogP contribution is 1.82. The average Bonchev–Trinajstić information content (AvgIpc) is 1.69. The molecule has 0 fully saturated rings. The predicted molar refractivity (Wildman–Crippen MR) is 32.5 cm³/mol. The first-order valence-corrected chi connectivity index (χ1v) is 2.76. The Hall–Kier alpha value is -0.440. The van der Waals surface area contributed by atoms with E-state index in [4.69, 9.17) is 5.73 Å². The summed E-state index contributed by atoms with van der Waals surface area (Å²) in [6.45, 7) is 5.19. The molecule has 0 aromatic carbocycles. The quantitative estimate of drug-likeness (QED) is 0.463. The van der Waals surface area contributed by atoms with Gasteiger partial charge in [-0.15, -0.1) is 0 Å². The summed E-state index contributed by atoms with van der Waals surface area (Å²) in [5.41, 5.74) is 4.94. The van der Waals surface area contributed by atoms with E-state index in [2.05, 4.69) is 0 Å². The molecule has 2 amide bonds. The molecule has 3 nitrogen and oxygen atoms in total. The first kappa shape index (κ1) is 11.4. The maximum absolute atomic E-state index is 10.3. The third-order valence-corrected chi connectivity index (χ3v) is 1.08. The van der Waals surface area contributed by atoms with Crippen molar-refractivity contribution in [3.05, 3.63) is 0 Å². The molecule has 0 unspecified atom stereocenters. The Labute approximate surface area is 61.6 Å². The van der Waals surface area contributed by atoms with E-state index in [1.54, 1.807) is 4.90 Å². The number of carbonyl (C=O) groups is 1. The molecule has 0 saturated carbocycles. The van der Waals surface area contributed by atoms with Gasteiger partial charge < -0.3 is 23.0 Å². The van der Waals surface area contributed by atoms with Gasteiger partial charge in [0.1, 0.15) is 0 Å². The molecule has 0 spiro atoms. The molecule has 0 rings (SSSR count). The van der Waals surface area contributed by atoms with Crippen molar-refractivity contribution in [1.29, 1.82) is 0 Å². The minimum Gasteiger partial charge on any atom is -1.00 e. The first-order chi connectivity index (χ1) is 3.72. The largest absolute Gasteiger partial charge is 1.00 e. The fourth-order valence-corrected chi connectivity index (χ4v) is 0.535. The van der Waals surface area contributed by atoms with Crippen LogP contribution in [0, 0.1) is 0 Å². The number of hydrogen-bond donors (Lipinski definition) is 1. The van der Waals surface area contributed by atoms with Crippen LogP contribution in [0.5, 0.6) is 0 Å². The van der Waals surface area contributed by atoms with Gasteiger partial charge in [-0.1, -0.05) is 0 Å². The van der Waals surface area contributed by atoms with Gasteiger partial charge >= 0.3 is 6.03 Å². The van der Waals surface area contributed by atoms with E-state index < -0.39 is 0 Å². The standard InChI is InChI=1S/C5H12N2O.ClH/c1-3-7(4-2)5(6)8;/h3-4H2,1-2H3,(H2,6,8);1H/p-1. The SMILES string of the molecule is CCN(CC)C(N)=O.[Cl-]. The Balaban J connectivity index is 0. The molecule has 56 valence electrons. The monoisotopic (exact) mass is 151 g/mol. The zero-order valence-corrected chi connectivity index (χ0v) is 6.48. The van der Waals surface area contributed by atoms with Crippen LogP contribution in [0.2, 0.25) is 0 Å². The molecule has 0 aliphatic heterocycles. The Bertz CT molecular complexity index is 83.0. The highest BCUT2D eigenvalue weighted by atomic mass is 35.5. The molecule has 0 atom stereocenters. The summed E-state index contributed by atoms with van der Waals surface area (Å²) in [6, 6.07) is -0.338. The van der Waals surface area contributed by atoms with E-state index in [1.807, 2.05) is 13.8 Å². The fourth-order valence-electron chi connectivity index (χ4n) is 0.535. The van der Waals surface area contributed by atoms with Gasteiger partial charge in [-0.05, 0) is 13.8 Å². The molecule has 0 bridgehead atoms. The Morgan fingerprint density at radius 1 is 1.44 bits per heavy atom. The molecule has 0 aliphatic rings. The molecule has 0 aromatic rings. The predicted octanol–water partition coefficient (Wildman–Crippen LogP) is -2.59. The number of halogens is 1. The summed E-state index contributed by atoms with van der Waals surface area (Å²) in [6.07, 6.45) is 0. The maximum Gasteiger partial charge on any atom is 0.314 e. The van der Waals surface area contributed by atoms with Crippen LogP contribution in [-0.4, -0.2) is 24.0 Å². The van der Waals surface area contributed by atoms with Crippen molar-refractivity contribution in [3.8, 4) is 0 Å². The molecule has 0 aliphatic carbocycles. The van der Waals surface area contributed by atoms with Gasteiger partial charge in [0, 0.05) is 13.1 Å². The molecule has 0 heterocycles. The smallest absolute Gasteiger partial charge is 0.314 e. The lowest BCUT2D eigenvalue weighted by Gasteiger charge is -2.13.